The van der Waals surface area contributed by atoms with Crippen molar-refractivity contribution in [3.8, 4) is 0 Å². The van der Waals surface area contributed by atoms with E-state index in [1.807, 2.05) is 0 Å². The lowest BCUT2D eigenvalue weighted by atomic mass is 9.94. The van der Waals surface area contributed by atoms with Crippen molar-refractivity contribution >= 4 is 17.9 Å². The fourth-order valence-electron chi connectivity index (χ4n) is 1.28. The number of rotatable bonds is 8. The second kappa shape index (κ2) is 7.43. The van der Waals surface area contributed by atoms with Gasteiger partial charge in [0.05, 0.1) is 12.5 Å². The maximum Gasteiger partial charge on any atom is 0.331 e. The minimum absolute atomic E-state index is 0.0548. The third kappa shape index (κ3) is 5.70. The molecule has 0 spiro atoms. The first-order chi connectivity index (χ1) is 7.90. The molecule has 0 heterocycles. The van der Waals surface area contributed by atoms with Gasteiger partial charge in [0, 0.05) is 12.0 Å². The Bertz CT molecular complexity index is 320. The van der Waals surface area contributed by atoms with E-state index in [1.165, 1.54) is 0 Å². The average Bonchev–Trinajstić information content (AvgIpc) is 2.23. The molecule has 17 heavy (non-hydrogen) atoms. The predicted octanol–water partition coefficient (Wildman–Crippen LogP) is 1.06. The van der Waals surface area contributed by atoms with Gasteiger partial charge in [-0.3, -0.25) is 9.59 Å². The monoisotopic (exact) mass is 244 g/mol. The molecule has 0 bridgehead atoms. The standard InChI is InChI=1S/C11H16O6/c1-3-17-9(12)6-4-5-8(11(15)16)7(2)10(13)14/h8H,2-6H2,1H3,(H,13,14)(H,15,16)/t8-/m1/s1. The summed E-state index contributed by atoms with van der Waals surface area (Å²) >= 11 is 0. The molecule has 0 rings (SSSR count). The SMILES string of the molecule is C=C(C(=O)O)[C@@H](CCCC(=O)OCC)C(=O)O. The quantitative estimate of drug-likeness (QED) is 0.489. The van der Waals surface area contributed by atoms with Crippen molar-refractivity contribution in [2.45, 2.75) is 26.2 Å². The van der Waals surface area contributed by atoms with E-state index >= 15 is 0 Å². The summed E-state index contributed by atoms with van der Waals surface area (Å²) in [4.78, 5) is 32.4. The molecule has 6 nitrogen and oxygen atoms in total. The van der Waals surface area contributed by atoms with Crippen molar-refractivity contribution in [2.24, 2.45) is 5.92 Å². The molecule has 0 aliphatic rings. The molecule has 1 atom stereocenters. The van der Waals surface area contributed by atoms with E-state index < -0.39 is 23.8 Å². The maximum absolute atomic E-state index is 11.0. The van der Waals surface area contributed by atoms with Crippen molar-refractivity contribution < 1.29 is 29.3 Å². The smallest absolute Gasteiger partial charge is 0.331 e. The molecule has 0 aliphatic heterocycles. The summed E-state index contributed by atoms with van der Waals surface area (Å²) in [6.07, 6.45) is 0.381. The number of carbonyl (C=O) groups excluding carboxylic acids is 1. The Morgan fingerprint density at radius 3 is 2.29 bits per heavy atom. The van der Waals surface area contributed by atoms with Crippen LogP contribution >= 0.6 is 0 Å². The summed E-state index contributed by atoms with van der Waals surface area (Å²) in [6.45, 7) is 5.15. The summed E-state index contributed by atoms with van der Waals surface area (Å²) in [5.74, 6) is -4.17. The second-order valence-corrected chi connectivity index (χ2v) is 3.42. The molecule has 0 amide bonds. The molecular formula is C11H16O6. The minimum atomic E-state index is -1.34. The van der Waals surface area contributed by atoms with Crippen molar-refractivity contribution in [1.29, 1.82) is 0 Å². The Labute approximate surface area is 98.9 Å². The lowest BCUT2D eigenvalue weighted by Crippen LogP contribution is -2.21. The first kappa shape index (κ1) is 15.2. The number of aliphatic carboxylic acids is 2. The molecular weight excluding hydrogens is 228 g/mol. The summed E-state index contributed by atoms with van der Waals surface area (Å²) in [5, 5.41) is 17.5. The van der Waals surface area contributed by atoms with Gasteiger partial charge in [0.2, 0.25) is 0 Å². The van der Waals surface area contributed by atoms with Gasteiger partial charge in [-0.1, -0.05) is 6.58 Å². The molecule has 0 aromatic carbocycles. The molecule has 0 fully saturated rings. The summed E-state index contributed by atoms with van der Waals surface area (Å²) in [5.41, 5.74) is -0.374. The predicted molar refractivity (Wildman–Crippen MR) is 58.4 cm³/mol. The van der Waals surface area contributed by atoms with Crippen LogP contribution in [0, 0.1) is 5.92 Å². The Morgan fingerprint density at radius 2 is 1.88 bits per heavy atom. The number of ether oxygens (including phenoxy) is 1. The van der Waals surface area contributed by atoms with Crippen molar-refractivity contribution in [1.82, 2.24) is 0 Å². The van der Waals surface area contributed by atoms with Gasteiger partial charge in [-0.2, -0.15) is 0 Å². The zero-order valence-electron chi connectivity index (χ0n) is 9.64. The number of carbonyl (C=O) groups is 3. The highest BCUT2D eigenvalue weighted by Crippen LogP contribution is 2.17. The van der Waals surface area contributed by atoms with Gasteiger partial charge in [-0.05, 0) is 19.8 Å². The topological polar surface area (TPSA) is 101 Å². The summed E-state index contributed by atoms with van der Waals surface area (Å²) < 4.78 is 4.67. The molecule has 0 aliphatic carbocycles. The maximum atomic E-state index is 11.0. The largest absolute Gasteiger partial charge is 0.481 e. The van der Waals surface area contributed by atoms with E-state index in [0.717, 1.165) is 0 Å². The Balaban J connectivity index is 4.20. The van der Waals surface area contributed by atoms with Crippen LogP contribution in [0.3, 0.4) is 0 Å². The van der Waals surface area contributed by atoms with Crippen LogP contribution in [-0.4, -0.2) is 34.7 Å². The molecule has 0 aromatic rings. The van der Waals surface area contributed by atoms with Crippen LogP contribution in [0.1, 0.15) is 26.2 Å². The van der Waals surface area contributed by atoms with Gasteiger partial charge >= 0.3 is 17.9 Å². The molecule has 6 heteroatoms. The van der Waals surface area contributed by atoms with Crippen molar-refractivity contribution in [3.05, 3.63) is 12.2 Å². The lowest BCUT2D eigenvalue weighted by molar-refractivity contribution is -0.145. The molecule has 0 aromatic heterocycles. The normalized spacial score (nSPS) is 11.6. The van der Waals surface area contributed by atoms with Crippen LogP contribution in [0.4, 0.5) is 0 Å². The van der Waals surface area contributed by atoms with E-state index in [0.29, 0.717) is 0 Å². The first-order valence-electron chi connectivity index (χ1n) is 5.20. The van der Waals surface area contributed by atoms with Gasteiger partial charge in [0.25, 0.3) is 0 Å². The fourth-order valence-corrected chi connectivity index (χ4v) is 1.28. The Hall–Kier alpha value is -1.85. The van der Waals surface area contributed by atoms with Gasteiger partial charge < -0.3 is 14.9 Å². The minimum Gasteiger partial charge on any atom is -0.481 e. The number of carboxylic acids is 2. The highest BCUT2D eigenvalue weighted by Gasteiger charge is 2.25. The molecule has 2 N–H and O–H groups in total. The van der Waals surface area contributed by atoms with E-state index in [-0.39, 0.29) is 31.4 Å². The van der Waals surface area contributed by atoms with E-state index in [9.17, 15) is 14.4 Å². The highest BCUT2D eigenvalue weighted by atomic mass is 16.5. The number of hydrogen-bond acceptors (Lipinski definition) is 4. The zero-order chi connectivity index (χ0) is 13.4. The lowest BCUT2D eigenvalue weighted by Gasteiger charge is -2.11. The van der Waals surface area contributed by atoms with Gasteiger partial charge in [0.1, 0.15) is 0 Å². The third-order valence-electron chi connectivity index (χ3n) is 2.17. The van der Waals surface area contributed by atoms with E-state index in [1.54, 1.807) is 6.92 Å². The van der Waals surface area contributed by atoms with Gasteiger partial charge in [-0.15, -0.1) is 0 Å². The van der Waals surface area contributed by atoms with Crippen LogP contribution in [0.25, 0.3) is 0 Å². The van der Waals surface area contributed by atoms with Crippen LogP contribution in [0.2, 0.25) is 0 Å². The van der Waals surface area contributed by atoms with Crippen molar-refractivity contribution in [2.75, 3.05) is 6.61 Å². The summed E-state index contributed by atoms with van der Waals surface area (Å²) in [7, 11) is 0. The zero-order valence-corrected chi connectivity index (χ0v) is 9.64. The Kier molecular flexibility index (Phi) is 6.62. The third-order valence-corrected chi connectivity index (χ3v) is 2.17. The number of carboxylic acid groups (broad SMARTS) is 2. The molecule has 0 saturated carbocycles. The van der Waals surface area contributed by atoms with Crippen LogP contribution < -0.4 is 0 Å². The van der Waals surface area contributed by atoms with Crippen molar-refractivity contribution in [3.63, 3.8) is 0 Å². The first-order valence-corrected chi connectivity index (χ1v) is 5.20. The average molecular weight is 244 g/mol. The van der Waals surface area contributed by atoms with Gasteiger partial charge in [0.15, 0.2) is 0 Å². The molecule has 96 valence electrons. The van der Waals surface area contributed by atoms with Crippen LogP contribution in [0.5, 0.6) is 0 Å². The molecule has 0 radical (unpaired) electrons. The van der Waals surface area contributed by atoms with Crippen LogP contribution in [0.15, 0.2) is 12.2 Å². The number of hydrogen-bond donors (Lipinski definition) is 2. The van der Waals surface area contributed by atoms with Gasteiger partial charge in [-0.25, -0.2) is 4.79 Å². The van der Waals surface area contributed by atoms with E-state index in [2.05, 4.69) is 11.3 Å². The molecule has 0 saturated heterocycles. The summed E-state index contributed by atoms with van der Waals surface area (Å²) in [6, 6.07) is 0. The molecule has 0 unspecified atom stereocenters. The number of esters is 1. The highest BCUT2D eigenvalue weighted by molar-refractivity contribution is 5.93. The Morgan fingerprint density at radius 1 is 1.29 bits per heavy atom. The van der Waals surface area contributed by atoms with Crippen LogP contribution in [-0.2, 0) is 19.1 Å². The van der Waals surface area contributed by atoms with E-state index in [4.69, 9.17) is 10.2 Å². The second-order valence-electron chi connectivity index (χ2n) is 3.42. The fraction of sp³-hybridized carbons (Fsp3) is 0.545.